The molecule has 0 aliphatic heterocycles. The fraction of sp³-hybridized carbons (Fsp3) is 0.182. The summed E-state index contributed by atoms with van der Waals surface area (Å²) in [7, 11) is 0. The molecule has 1 N–H and O–H groups in total. The summed E-state index contributed by atoms with van der Waals surface area (Å²) in [6.07, 6.45) is 0.651. The molecule has 1 aromatic heterocycles. The van der Waals surface area contributed by atoms with Gasteiger partial charge < -0.3 is 9.52 Å². The van der Waals surface area contributed by atoms with E-state index in [0.717, 1.165) is 16.3 Å². The van der Waals surface area contributed by atoms with Crippen LogP contribution in [0.3, 0.4) is 0 Å². The number of carboxylic acid groups (broad SMARTS) is 1. The number of halogens is 1. The van der Waals surface area contributed by atoms with Crippen LogP contribution in [0.2, 0.25) is 0 Å². The van der Waals surface area contributed by atoms with Crippen molar-refractivity contribution in [3.05, 3.63) is 35.6 Å². The molecule has 0 spiro atoms. The molecule has 78 valence electrons. The van der Waals surface area contributed by atoms with Gasteiger partial charge >= 0.3 is 5.97 Å². The summed E-state index contributed by atoms with van der Waals surface area (Å²) in [5.74, 6) is -0.960. The summed E-state index contributed by atoms with van der Waals surface area (Å²) in [5, 5.41) is 10.6. The number of para-hydroxylation sites is 1. The number of carbonyl (C=O) groups is 1. The summed E-state index contributed by atoms with van der Waals surface area (Å²) in [6, 6.07) is 7.36. The fourth-order valence-corrected chi connectivity index (χ4v) is 2.01. The molecule has 4 heteroatoms. The molecule has 2 aromatic rings. The molecule has 1 heterocycles. The van der Waals surface area contributed by atoms with Crippen LogP contribution in [0.4, 0.5) is 0 Å². The van der Waals surface area contributed by atoms with E-state index in [1.54, 1.807) is 6.07 Å². The molecule has 15 heavy (non-hydrogen) atoms. The Hall–Kier alpha value is -1.29. The van der Waals surface area contributed by atoms with Gasteiger partial charge in [0.2, 0.25) is 5.76 Å². The van der Waals surface area contributed by atoms with Gasteiger partial charge in [-0.05, 0) is 12.5 Å². The van der Waals surface area contributed by atoms with E-state index in [2.05, 4.69) is 15.9 Å². The van der Waals surface area contributed by atoms with Gasteiger partial charge in [-0.3, -0.25) is 0 Å². The van der Waals surface area contributed by atoms with E-state index in [1.807, 2.05) is 18.2 Å². The second kappa shape index (κ2) is 4.06. The zero-order valence-electron chi connectivity index (χ0n) is 7.87. The predicted octanol–water partition coefficient (Wildman–Crippen LogP) is 3.07. The van der Waals surface area contributed by atoms with Crippen LogP contribution in [-0.4, -0.2) is 16.4 Å². The van der Waals surface area contributed by atoms with Crippen LogP contribution < -0.4 is 0 Å². The lowest BCUT2D eigenvalue weighted by atomic mass is 10.1. The Kier molecular flexibility index (Phi) is 2.77. The van der Waals surface area contributed by atoms with Crippen molar-refractivity contribution in [3.8, 4) is 0 Å². The molecule has 0 aliphatic rings. The number of furan rings is 1. The van der Waals surface area contributed by atoms with Gasteiger partial charge in [-0.2, -0.15) is 0 Å². The predicted molar refractivity (Wildman–Crippen MR) is 60.7 cm³/mol. The highest BCUT2D eigenvalue weighted by Gasteiger charge is 2.18. The van der Waals surface area contributed by atoms with Crippen molar-refractivity contribution in [3.63, 3.8) is 0 Å². The molecule has 2 rings (SSSR count). The summed E-state index contributed by atoms with van der Waals surface area (Å²) in [4.78, 5) is 11.0. The number of benzene rings is 1. The van der Waals surface area contributed by atoms with Crippen LogP contribution in [0.5, 0.6) is 0 Å². The second-order valence-electron chi connectivity index (χ2n) is 3.15. The van der Waals surface area contributed by atoms with Crippen LogP contribution in [0.15, 0.2) is 28.7 Å². The number of fused-ring (bicyclic) bond motifs is 1. The summed E-state index contributed by atoms with van der Waals surface area (Å²) < 4.78 is 5.29. The Labute approximate surface area is 94.8 Å². The molecule has 1 aromatic carbocycles. The normalized spacial score (nSPS) is 10.7. The van der Waals surface area contributed by atoms with Gasteiger partial charge in [0.1, 0.15) is 5.58 Å². The average molecular weight is 269 g/mol. The molecule has 0 amide bonds. The topological polar surface area (TPSA) is 50.4 Å². The number of hydrogen-bond donors (Lipinski definition) is 1. The third kappa shape index (κ3) is 1.77. The van der Waals surface area contributed by atoms with E-state index in [0.29, 0.717) is 12.0 Å². The quantitative estimate of drug-likeness (QED) is 0.871. The van der Waals surface area contributed by atoms with Crippen molar-refractivity contribution in [1.29, 1.82) is 0 Å². The molecule has 0 fully saturated rings. The Morgan fingerprint density at radius 1 is 1.40 bits per heavy atom. The minimum Gasteiger partial charge on any atom is -0.475 e. The maximum atomic E-state index is 11.0. The molecule has 0 aliphatic carbocycles. The van der Waals surface area contributed by atoms with E-state index in [4.69, 9.17) is 9.52 Å². The van der Waals surface area contributed by atoms with E-state index < -0.39 is 5.97 Å². The molecular weight excluding hydrogens is 260 g/mol. The Morgan fingerprint density at radius 2 is 2.13 bits per heavy atom. The van der Waals surface area contributed by atoms with E-state index in [1.165, 1.54) is 0 Å². The minimum atomic E-state index is -1.01. The standard InChI is InChI=1S/C11H9BrO3/c12-6-5-8-7-3-1-2-4-9(7)15-10(8)11(13)14/h1-4H,5-6H2,(H,13,14). The van der Waals surface area contributed by atoms with Gasteiger partial charge in [-0.15, -0.1) is 0 Å². The van der Waals surface area contributed by atoms with Crippen LogP contribution in [0, 0.1) is 0 Å². The van der Waals surface area contributed by atoms with Crippen LogP contribution in [0.1, 0.15) is 16.1 Å². The van der Waals surface area contributed by atoms with Crippen LogP contribution in [0.25, 0.3) is 11.0 Å². The molecule has 0 saturated heterocycles. The molecule has 3 nitrogen and oxygen atoms in total. The summed E-state index contributed by atoms with van der Waals surface area (Å²) >= 11 is 3.31. The number of aromatic carboxylic acids is 1. The lowest BCUT2D eigenvalue weighted by molar-refractivity contribution is 0.0663. The maximum absolute atomic E-state index is 11.0. The molecule has 0 unspecified atom stereocenters. The van der Waals surface area contributed by atoms with Crippen molar-refractivity contribution in [2.45, 2.75) is 6.42 Å². The van der Waals surface area contributed by atoms with Gasteiger partial charge in [0.05, 0.1) is 0 Å². The van der Waals surface area contributed by atoms with Crippen molar-refractivity contribution in [2.75, 3.05) is 5.33 Å². The number of aryl methyl sites for hydroxylation is 1. The van der Waals surface area contributed by atoms with Crippen LogP contribution in [-0.2, 0) is 6.42 Å². The number of carboxylic acids is 1. The first-order chi connectivity index (χ1) is 7.24. The Morgan fingerprint density at radius 3 is 2.80 bits per heavy atom. The number of alkyl halides is 1. The zero-order chi connectivity index (χ0) is 10.8. The molecule has 0 atom stereocenters. The first-order valence-electron chi connectivity index (χ1n) is 4.53. The summed E-state index contributed by atoms with van der Waals surface area (Å²) in [5.41, 5.74) is 1.39. The smallest absolute Gasteiger partial charge is 0.372 e. The lowest BCUT2D eigenvalue weighted by Crippen LogP contribution is -1.99. The lowest BCUT2D eigenvalue weighted by Gasteiger charge is -1.95. The van der Waals surface area contributed by atoms with Gasteiger partial charge in [-0.25, -0.2) is 4.79 Å². The molecule has 0 radical (unpaired) electrons. The largest absolute Gasteiger partial charge is 0.475 e. The first-order valence-corrected chi connectivity index (χ1v) is 5.66. The third-order valence-electron chi connectivity index (χ3n) is 2.24. The highest BCUT2D eigenvalue weighted by molar-refractivity contribution is 9.09. The SMILES string of the molecule is O=C(O)c1oc2ccccc2c1CCBr. The maximum Gasteiger partial charge on any atom is 0.372 e. The molecule has 0 bridgehead atoms. The monoisotopic (exact) mass is 268 g/mol. The van der Waals surface area contributed by atoms with Gasteiger partial charge in [0, 0.05) is 16.3 Å². The Balaban J connectivity index is 2.68. The van der Waals surface area contributed by atoms with Gasteiger partial charge in [0.15, 0.2) is 0 Å². The van der Waals surface area contributed by atoms with Crippen molar-refractivity contribution < 1.29 is 14.3 Å². The van der Waals surface area contributed by atoms with Gasteiger partial charge in [0.25, 0.3) is 0 Å². The number of rotatable bonds is 3. The van der Waals surface area contributed by atoms with E-state index in [9.17, 15) is 4.79 Å². The number of hydrogen-bond acceptors (Lipinski definition) is 2. The van der Waals surface area contributed by atoms with E-state index in [-0.39, 0.29) is 5.76 Å². The molecule has 0 saturated carbocycles. The van der Waals surface area contributed by atoms with Crippen molar-refractivity contribution >= 4 is 32.9 Å². The Bertz CT molecular complexity index is 502. The average Bonchev–Trinajstić information content (AvgIpc) is 2.58. The van der Waals surface area contributed by atoms with E-state index >= 15 is 0 Å². The highest BCUT2D eigenvalue weighted by atomic mass is 79.9. The highest BCUT2D eigenvalue weighted by Crippen LogP contribution is 2.26. The van der Waals surface area contributed by atoms with Crippen LogP contribution >= 0.6 is 15.9 Å². The van der Waals surface area contributed by atoms with Crippen molar-refractivity contribution in [1.82, 2.24) is 0 Å². The first kappa shape index (κ1) is 10.2. The van der Waals surface area contributed by atoms with Crippen molar-refractivity contribution in [2.24, 2.45) is 0 Å². The second-order valence-corrected chi connectivity index (χ2v) is 3.94. The zero-order valence-corrected chi connectivity index (χ0v) is 9.45. The van der Waals surface area contributed by atoms with Gasteiger partial charge in [-0.1, -0.05) is 34.1 Å². The minimum absolute atomic E-state index is 0.0515. The third-order valence-corrected chi connectivity index (χ3v) is 2.63. The summed E-state index contributed by atoms with van der Waals surface area (Å²) in [6.45, 7) is 0. The molecular formula is C11H9BrO3. The fourth-order valence-electron chi connectivity index (χ4n) is 1.61.